The molecule has 0 radical (unpaired) electrons. The van der Waals surface area contributed by atoms with E-state index in [1.165, 1.54) is 19.4 Å². The maximum absolute atomic E-state index is 5.47. The van der Waals surface area contributed by atoms with Crippen molar-refractivity contribution in [1.82, 2.24) is 4.90 Å². The molecule has 0 N–H and O–H groups in total. The van der Waals surface area contributed by atoms with Gasteiger partial charge in [-0.15, -0.1) is 0 Å². The molecular weight excluding hydrogens is 138 g/mol. The smallest absolute Gasteiger partial charge is 0.0625 e. The first kappa shape index (κ1) is 7.56. The Labute approximate surface area is 68.5 Å². The molecule has 1 atom stereocenters. The Morgan fingerprint density at radius 1 is 1.45 bits per heavy atom. The summed E-state index contributed by atoms with van der Waals surface area (Å²) >= 11 is 0. The summed E-state index contributed by atoms with van der Waals surface area (Å²) in [6, 6.07) is 0.758. The first-order chi connectivity index (χ1) is 5.42. The molecule has 0 amide bonds. The normalized spacial score (nSPS) is 34.1. The maximum Gasteiger partial charge on any atom is 0.0625 e. The van der Waals surface area contributed by atoms with Gasteiger partial charge in [-0.05, 0) is 25.3 Å². The minimum Gasteiger partial charge on any atom is -0.378 e. The molecule has 2 fully saturated rings. The summed E-state index contributed by atoms with van der Waals surface area (Å²) in [5.41, 5.74) is 0. The van der Waals surface area contributed by atoms with E-state index in [1.807, 2.05) is 0 Å². The van der Waals surface area contributed by atoms with Crippen LogP contribution in [0.2, 0.25) is 0 Å². The van der Waals surface area contributed by atoms with E-state index in [4.69, 9.17) is 4.74 Å². The number of likely N-dealkylation sites (N-methyl/N-ethyl adjacent to an activating group) is 1. The predicted octanol–water partition coefficient (Wildman–Crippen LogP) is 1.12. The number of rotatable bonds is 2. The Balaban J connectivity index is 1.91. The second-order valence-electron chi connectivity index (χ2n) is 3.61. The molecule has 64 valence electrons. The minimum atomic E-state index is 0.758. The second-order valence-corrected chi connectivity index (χ2v) is 3.61. The van der Waals surface area contributed by atoms with E-state index in [2.05, 4.69) is 11.8 Å². The summed E-state index contributed by atoms with van der Waals surface area (Å²) in [6.45, 7) is 6.53. The highest BCUT2D eigenvalue weighted by atomic mass is 16.5. The van der Waals surface area contributed by atoms with Gasteiger partial charge in [0, 0.05) is 12.6 Å². The molecule has 1 saturated heterocycles. The standard InChI is InChI=1S/C9H17NO/c1-2-10-5-6-11-7-9(10)8-3-4-8/h8-9H,2-7H2,1H3/t9-/m0/s1. The van der Waals surface area contributed by atoms with E-state index in [0.29, 0.717) is 0 Å². The molecule has 1 heterocycles. The molecule has 0 unspecified atom stereocenters. The molecule has 0 aromatic carbocycles. The van der Waals surface area contributed by atoms with Crippen LogP contribution in [0.4, 0.5) is 0 Å². The summed E-state index contributed by atoms with van der Waals surface area (Å²) in [7, 11) is 0. The summed E-state index contributed by atoms with van der Waals surface area (Å²) in [5, 5.41) is 0. The molecule has 0 aromatic heterocycles. The molecule has 1 saturated carbocycles. The first-order valence-corrected chi connectivity index (χ1v) is 4.73. The van der Waals surface area contributed by atoms with Gasteiger partial charge in [-0.3, -0.25) is 4.90 Å². The lowest BCUT2D eigenvalue weighted by molar-refractivity contribution is -0.0129. The Morgan fingerprint density at radius 3 is 2.91 bits per heavy atom. The van der Waals surface area contributed by atoms with Gasteiger partial charge in [-0.2, -0.15) is 0 Å². The number of morpholine rings is 1. The van der Waals surface area contributed by atoms with Gasteiger partial charge in [0.2, 0.25) is 0 Å². The van der Waals surface area contributed by atoms with Crippen molar-refractivity contribution < 1.29 is 4.74 Å². The zero-order chi connectivity index (χ0) is 7.68. The lowest BCUT2D eigenvalue weighted by Crippen LogP contribution is -2.46. The van der Waals surface area contributed by atoms with Gasteiger partial charge < -0.3 is 4.74 Å². The molecule has 0 bridgehead atoms. The van der Waals surface area contributed by atoms with Crippen molar-refractivity contribution in [3.05, 3.63) is 0 Å². The van der Waals surface area contributed by atoms with Gasteiger partial charge in [0.1, 0.15) is 0 Å². The first-order valence-electron chi connectivity index (χ1n) is 4.73. The minimum absolute atomic E-state index is 0.758. The van der Waals surface area contributed by atoms with Crippen molar-refractivity contribution in [2.24, 2.45) is 5.92 Å². The van der Waals surface area contributed by atoms with E-state index in [-0.39, 0.29) is 0 Å². The van der Waals surface area contributed by atoms with Crippen molar-refractivity contribution >= 4 is 0 Å². The SMILES string of the molecule is CCN1CCOC[C@H]1C1CC1. The van der Waals surface area contributed by atoms with E-state index in [1.54, 1.807) is 0 Å². The molecule has 11 heavy (non-hydrogen) atoms. The molecule has 1 aliphatic carbocycles. The molecule has 1 aliphatic heterocycles. The third-order valence-corrected chi connectivity index (χ3v) is 2.85. The van der Waals surface area contributed by atoms with Crippen molar-refractivity contribution in [2.75, 3.05) is 26.3 Å². The Hall–Kier alpha value is -0.0800. The molecule has 2 aliphatic rings. The van der Waals surface area contributed by atoms with Gasteiger partial charge in [-0.1, -0.05) is 6.92 Å². The van der Waals surface area contributed by atoms with Gasteiger partial charge in [-0.25, -0.2) is 0 Å². The van der Waals surface area contributed by atoms with E-state index < -0.39 is 0 Å². The highest BCUT2D eigenvalue weighted by Crippen LogP contribution is 2.36. The van der Waals surface area contributed by atoms with E-state index in [0.717, 1.165) is 31.7 Å². The second kappa shape index (κ2) is 3.11. The quantitative estimate of drug-likeness (QED) is 0.592. The zero-order valence-corrected chi connectivity index (χ0v) is 7.25. The highest BCUT2D eigenvalue weighted by molar-refractivity contribution is 4.89. The third-order valence-electron chi connectivity index (χ3n) is 2.85. The lowest BCUT2D eigenvalue weighted by atomic mass is 10.1. The molecule has 2 heteroatoms. The van der Waals surface area contributed by atoms with Crippen molar-refractivity contribution in [3.63, 3.8) is 0 Å². The van der Waals surface area contributed by atoms with Gasteiger partial charge in [0.15, 0.2) is 0 Å². The Morgan fingerprint density at radius 2 is 2.27 bits per heavy atom. The van der Waals surface area contributed by atoms with Crippen LogP contribution in [0.5, 0.6) is 0 Å². The van der Waals surface area contributed by atoms with Crippen LogP contribution in [-0.2, 0) is 4.74 Å². The lowest BCUT2D eigenvalue weighted by Gasteiger charge is -2.34. The fraction of sp³-hybridized carbons (Fsp3) is 1.00. The van der Waals surface area contributed by atoms with Crippen LogP contribution in [-0.4, -0.2) is 37.2 Å². The number of ether oxygens (including phenoxy) is 1. The summed E-state index contributed by atoms with van der Waals surface area (Å²) in [4.78, 5) is 2.57. The topological polar surface area (TPSA) is 12.5 Å². The average Bonchev–Trinajstić information content (AvgIpc) is 2.87. The average molecular weight is 155 g/mol. The molecule has 0 spiro atoms. The third kappa shape index (κ3) is 1.57. The molecule has 2 rings (SSSR count). The maximum atomic E-state index is 5.47. The number of hydrogen-bond acceptors (Lipinski definition) is 2. The van der Waals surface area contributed by atoms with Crippen LogP contribution in [0.1, 0.15) is 19.8 Å². The Kier molecular flexibility index (Phi) is 2.14. The van der Waals surface area contributed by atoms with Crippen LogP contribution in [0.3, 0.4) is 0 Å². The van der Waals surface area contributed by atoms with E-state index in [9.17, 15) is 0 Å². The predicted molar refractivity (Wildman–Crippen MR) is 44.6 cm³/mol. The van der Waals surface area contributed by atoms with Crippen molar-refractivity contribution in [1.29, 1.82) is 0 Å². The number of nitrogens with zero attached hydrogens (tertiary/aromatic N) is 1. The summed E-state index contributed by atoms with van der Waals surface area (Å²) in [6.07, 6.45) is 2.87. The monoisotopic (exact) mass is 155 g/mol. The van der Waals surface area contributed by atoms with Gasteiger partial charge >= 0.3 is 0 Å². The summed E-state index contributed by atoms with van der Waals surface area (Å²) in [5.74, 6) is 0.968. The van der Waals surface area contributed by atoms with Gasteiger partial charge in [0.25, 0.3) is 0 Å². The van der Waals surface area contributed by atoms with Crippen LogP contribution in [0.15, 0.2) is 0 Å². The van der Waals surface area contributed by atoms with Crippen molar-refractivity contribution in [3.8, 4) is 0 Å². The molecular formula is C9H17NO. The van der Waals surface area contributed by atoms with Gasteiger partial charge in [0.05, 0.1) is 13.2 Å². The zero-order valence-electron chi connectivity index (χ0n) is 7.25. The largest absolute Gasteiger partial charge is 0.378 e. The van der Waals surface area contributed by atoms with E-state index >= 15 is 0 Å². The van der Waals surface area contributed by atoms with Crippen LogP contribution >= 0.6 is 0 Å². The highest BCUT2D eigenvalue weighted by Gasteiger charge is 2.36. The van der Waals surface area contributed by atoms with Crippen LogP contribution in [0.25, 0.3) is 0 Å². The van der Waals surface area contributed by atoms with Crippen molar-refractivity contribution in [2.45, 2.75) is 25.8 Å². The summed E-state index contributed by atoms with van der Waals surface area (Å²) < 4.78 is 5.47. The Bertz CT molecular complexity index is 134. The van der Waals surface area contributed by atoms with Crippen LogP contribution < -0.4 is 0 Å². The molecule has 0 aromatic rings. The molecule has 2 nitrogen and oxygen atoms in total. The fourth-order valence-electron chi connectivity index (χ4n) is 1.96. The number of hydrogen-bond donors (Lipinski definition) is 0. The van der Waals surface area contributed by atoms with Crippen LogP contribution in [0, 0.1) is 5.92 Å². The fourth-order valence-corrected chi connectivity index (χ4v) is 1.96.